The molecule has 7 heteroatoms. The van der Waals surface area contributed by atoms with Crippen LogP contribution >= 0.6 is 31.9 Å². The molecule has 0 bridgehead atoms. The van der Waals surface area contributed by atoms with Gasteiger partial charge < -0.3 is 9.90 Å². The van der Waals surface area contributed by atoms with Crippen molar-refractivity contribution in [2.45, 2.75) is 9.65 Å². The zero-order chi connectivity index (χ0) is 12.3. The Morgan fingerprint density at radius 2 is 1.75 bits per heavy atom. The van der Waals surface area contributed by atoms with Crippen molar-refractivity contribution in [2.75, 3.05) is 0 Å². The quantitative estimate of drug-likeness (QED) is 0.468. The van der Waals surface area contributed by atoms with Gasteiger partial charge in [0.25, 0.3) is 5.69 Å². The maximum Gasteiger partial charge on any atom is 0.269 e. The number of alkyl halides is 2. The SMILES string of the molecule is O=C([O-])[C@@H](Br)[C@H](Br)c1ccc([N+](=O)[O-])cc1. The van der Waals surface area contributed by atoms with Gasteiger partial charge in [0.15, 0.2) is 0 Å². The van der Waals surface area contributed by atoms with Gasteiger partial charge in [-0.15, -0.1) is 0 Å². The van der Waals surface area contributed by atoms with Gasteiger partial charge in [-0.05, 0) is 5.56 Å². The van der Waals surface area contributed by atoms with Crippen LogP contribution in [0.5, 0.6) is 0 Å². The highest BCUT2D eigenvalue weighted by Gasteiger charge is 2.19. The maximum atomic E-state index is 10.6. The minimum Gasteiger partial charge on any atom is -0.549 e. The lowest BCUT2D eigenvalue weighted by Gasteiger charge is -2.17. The number of carboxylic acids is 1. The highest BCUT2D eigenvalue weighted by atomic mass is 79.9. The summed E-state index contributed by atoms with van der Waals surface area (Å²) < 4.78 is 0. The van der Waals surface area contributed by atoms with Crippen LogP contribution in [0.25, 0.3) is 0 Å². The molecule has 0 aliphatic carbocycles. The largest absolute Gasteiger partial charge is 0.549 e. The Hall–Kier alpha value is -0.950. The van der Waals surface area contributed by atoms with Gasteiger partial charge in [0.05, 0.1) is 20.5 Å². The van der Waals surface area contributed by atoms with Gasteiger partial charge >= 0.3 is 0 Å². The number of benzene rings is 1. The molecule has 86 valence electrons. The average molecular weight is 352 g/mol. The van der Waals surface area contributed by atoms with Crippen molar-refractivity contribution in [1.82, 2.24) is 0 Å². The van der Waals surface area contributed by atoms with E-state index in [1.165, 1.54) is 24.3 Å². The number of rotatable bonds is 4. The lowest BCUT2D eigenvalue weighted by atomic mass is 10.1. The molecule has 1 aromatic carbocycles. The highest BCUT2D eigenvalue weighted by Crippen LogP contribution is 2.31. The zero-order valence-electron chi connectivity index (χ0n) is 7.80. The summed E-state index contributed by atoms with van der Waals surface area (Å²) in [5.41, 5.74) is 0.583. The molecule has 0 N–H and O–H groups in total. The van der Waals surface area contributed by atoms with E-state index in [0.717, 1.165) is 0 Å². The fourth-order valence-corrected chi connectivity index (χ4v) is 1.89. The second kappa shape index (κ2) is 5.40. The lowest BCUT2D eigenvalue weighted by Crippen LogP contribution is -2.34. The van der Waals surface area contributed by atoms with E-state index in [-0.39, 0.29) is 5.69 Å². The average Bonchev–Trinajstić information content (AvgIpc) is 2.27. The van der Waals surface area contributed by atoms with Crippen LogP contribution in [0, 0.1) is 10.1 Å². The first-order valence-corrected chi connectivity index (χ1v) is 6.00. The summed E-state index contributed by atoms with van der Waals surface area (Å²) in [5.74, 6) is -1.25. The molecule has 0 fully saturated rings. The fraction of sp³-hybridized carbons (Fsp3) is 0.222. The number of nitro benzene ring substituents is 1. The molecule has 0 radical (unpaired) electrons. The minimum atomic E-state index is -1.25. The van der Waals surface area contributed by atoms with Crippen molar-refractivity contribution in [1.29, 1.82) is 0 Å². The molecule has 0 aromatic heterocycles. The van der Waals surface area contributed by atoms with Crippen LogP contribution < -0.4 is 5.11 Å². The predicted molar refractivity (Wildman–Crippen MR) is 62.5 cm³/mol. The van der Waals surface area contributed by atoms with Gasteiger partial charge in [0, 0.05) is 12.1 Å². The van der Waals surface area contributed by atoms with Gasteiger partial charge in [0.1, 0.15) is 0 Å². The Morgan fingerprint density at radius 3 is 2.12 bits per heavy atom. The molecular weight excluding hydrogens is 346 g/mol. The van der Waals surface area contributed by atoms with Gasteiger partial charge in [0.2, 0.25) is 0 Å². The van der Waals surface area contributed by atoms with E-state index >= 15 is 0 Å². The number of nitro groups is 1. The normalized spacial score (nSPS) is 14.1. The molecule has 0 amide bonds. The Labute approximate surface area is 108 Å². The molecular formula is C9H6Br2NO4-. The van der Waals surface area contributed by atoms with E-state index in [1.54, 1.807) is 0 Å². The first kappa shape index (κ1) is 13.1. The number of carbonyl (C=O) groups is 1. The first-order valence-electron chi connectivity index (χ1n) is 4.17. The van der Waals surface area contributed by atoms with Crippen molar-refractivity contribution in [3.63, 3.8) is 0 Å². The van der Waals surface area contributed by atoms with Gasteiger partial charge in [-0.25, -0.2) is 0 Å². The van der Waals surface area contributed by atoms with E-state index in [0.29, 0.717) is 5.56 Å². The number of carbonyl (C=O) groups excluding carboxylic acids is 1. The third-order valence-electron chi connectivity index (χ3n) is 1.90. The number of aliphatic carboxylic acids is 1. The molecule has 0 spiro atoms. The number of halogens is 2. The van der Waals surface area contributed by atoms with Crippen LogP contribution in [-0.4, -0.2) is 15.7 Å². The maximum absolute atomic E-state index is 10.6. The second-order valence-electron chi connectivity index (χ2n) is 2.97. The van der Waals surface area contributed by atoms with E-state index in [4.69, 9.17) is 0 Å². The van der Waals surface area contributed by atoms with Crippen molar-refractivity contribution in [3.8, 4) is 0 Å². The highest BCUT2D eigenvalue weighted by molar-refractivity contribution is 9.12. The van der Waals surface area contributed by atoms with E-state index in [9.17, 15) is 20.0 Å². The standard InChI is InChI=1S/C9H7Br2NO4/c10-7(8(11)9(13)14)5-1-3-6(4-2-5)12(15)16/h1-4,7-8H,(H,13,14)/p-1/t7-,8+/m1/s1. The molecule has 1 aromatic rings. The molecule has 2 atom stereocenters. The molecule has 1 rings (SSSR count). The topological polar surface area (TPSA) is 83.3 Å². The van der Waals surface area contributed by atoms with E-state index in [1.807, 2.05) is 0 Å². The molecule has 0 aliphatic heterocycles. The monoisotopic (exact) mass is 350 g/mol. The van der Waals surface area contributed by atoms with Crippen LogP contribution in [0.3, 0.4) is 0 Å². The lowest BCUT2D eigenvalue weighted by molar-refractivity contribution is -0.384. The summed E-state index contributed by atoms with van der Waals surface area (Å²) in [4.78, 5) is 19.1. The summed E-state index contributed by atoms with van der Waals surface area (Å²) in [6.45, 7) is 0. The van der Waals surface area contributed by atoms with Crippen LogP contribution in [0.1, 0.15) is 10.4 Å². The third kappa shape index (κ3) is 3.02. The van der Waals surface area contributed by atoms with Crippen molar-refractivity contribution in [3.05, 3.63) is 39.9 Å². The molecule has 0 heterocycles. The summed E-state index contributed by atoms with van der Waals surface area (Å²) in [5, 5.41) is 21.0. The van der Waals surface area contributed by atoms with Gasteiger partial charge in [-0.1, -0.05) is 44.0 Å². The Kier molecular flexibility index (Phi) is 4.43. The Bertz CT molecular complexity index is 406. The second-order valence-corrected chi connectivity index (χ2v) is 4.94. The molecule has 0 saturated carbocycles. The Morgan fingerprint density at radius 1 is 1.25 bits per heavy atom. The summed E-state index contributed by atoms with van der Waals surface area (Å²) in [7, 11) is 0. The smallest absolute Gasteiger partial charge is 0.269 e. The zero-order valence-corrected chi connectivity index (χ0v) is 11.0. The van der Waals surface area contributed by atoms with Gasteiger partial charge in [-0.2, -0.15) is 0 Å². The summed E-state index contributed by atoms with van der Waals surface area (Å²) in [6, 6.07) is 5.63. The number of nitrogens with zero attached hydrogens (tertiary/aromatic N) is 1. The fourth-order valence-electron chi connectivity index (χ4n) is 1.07. The minimum absolute atomic E-state index is 0.0389. The van der Waals surface area contributed by atoms with Gasteiger partial charge in [-0.3, -0.25) is 10.1 Å². The number of hydrogen-bond acceptors (Lipinski definition) is 4. The van der Waals surface area contributed by atoms with E-state index < -0.39 is 20.5 Å². The van der Waals surface area contributed by atoms with Crippen LogP contribution in [0.4, 0.5) is 5.69 Å². The van der Waals surface area contributed by atoms with Crippen LogP contribution in [-0.2, 0) is 4.79 Å². The molecule has 16 heavy (non-hydrogen) atoms. The van der Waals surface area contributed by atoms with Crippen LogP contribution in [0.2, 0.25) is 0 Å². The van der Waals surface area contributed by atoms with Crippen LogP contribution in [0.15, 0.2) is 24.3 Å². The predicted octanol–water partition coefficient (Wildman–Crippen LogP) is 1.54. The summed E-state index contributed by atoms with van der Waals surface area (Å²) in [6.07, 6.45) is 0. The Balaban J connectivity index is 2.89. The number of hydrogen-bond donors (Lipinski definition) is 0. The molecule has 0 aliphatic rings. The summed E-state index contributed by atoms with van der Waals surface area (Å²) >= 11 is 6.12. The first-order chi connectivity index (χ1) is 7.43. The number of carboxylic acid groups (broad SMARTS) is 1. The third-order valence-corrected chi connectivity index (χ3v) is 4.57. The molecule has 0 unspecified atom stereocenters. The van der Waals surface area contributed by atoms with Crippen molar-refractivity contribution >= 4 is 43.5 Å². The number of non-ortho nitro benzene ring substituents is 1. The molecule has 5 nitrogen and oxygen atoms in total. The van der Waals surface area contributed by atoms with E-state index in [2.05, 4.69) is 31.9 Å². The van der Waals surface area contributed by atoms with Crippen molar-refractivity contribution in [2.24, 2.45) is 0 Å². The van der Waals surface area contributed by atoms with Crippen molar-refractivity contribution < 1.29 is 14.8 Å². The molecule has 0 saturated heterocycles.